The molecule has 2 N–H and O–H groups in total. The van der Waals surface area contributed by atoms with E-state index in [1.54, 1.807) is 0 Å². The number of rotatable bonds is 4. The number of carbonyl (C=O) groups excluding carboxylic acids is 1. The summed E-state index contributed by atoms with van der Waals surface area (Å²) in [5, 5.41) is 12.2. The van der Waals surface area contributed by atoms with Crippen molar-refractivity contribution in [3.05, 3.63) is 0 Å². The normalized spacial score (nSPS) is 29.1. The molecule has 1 amide bonds. The quantitative estimate of drug-likeness (QED) is 0.831. The molecule has 0 aliphatic carbocycles. The zero-order valence-electron chi connectivity index (χ0n) is 13.2. The van der Waals surface area contributed by atoms with Crippen molar-refractivity contribution in [2.45, 2.75) is 58.4 Å². The number of hydrogen-bond acceptors (Lipinski definition) is 3. The maximum Gasteiger partial charge on any atom is 0.303 e. The highest BCUT2D eigenvalue weighted by molar-refractivity contribution is 5.83. The van der Waals surface area contributed by atoms with E-state index in [2.05, 4.69) is 19.2 Å². The Morgan fingerprint density at radius 2 is 2.10 bits per heavy atom. The van der Waals surface area contributed by atoms with Gasteiger partial charge in [-0.05, 0) is 50.0 Å². The summed E-state index contributed by atoms with van der Waals surface area (Å²) in [6.45, 7) is 6.77. The summed E-state index contributed by atoms with van der Waals surface area (Å²) in [5.41, 5.74) is 0.00332. The summed E-state index contributed by atoms with van der Waals surface area (Å²) < 4.78 is 0. The lowest BCUT2D eigenvalue weighted by Crippen LogP contribution is -2.58. The first kappa shape index (κ1) is 16.3. The van der Waals surface area contributed by atoms with E-state index in [1.165, 1.54) is 0 Å². The smallest absolute Gasteiger partial charge is 0.303 e. The molecule has 21 heavy (non-hydrogen) atoms. The number of nitrogens with one attached hydrogen (secondary N) is 1. The minimum absolute atomic E-state index is 0.00332. The number of carboxylic acid groups (broad SMARTS) is 1. The molecule has 2 saturated heterocycles. The predicted molar refractivity (Wildman–Crippen MR) is 81.0 cm³/mol. The molecule has 5 nitrogen and oxygen atoms in total. The molecule has 2 rings (SSSR count). The first-order chi connectivity index (χ1) is 9.90. The largest absolute Gasteiger partial charge is 0.481 e. The molecule has 2 unspecified atom stereocenters. The zero-order valence-corrected chi connectivity index (χ0v) is 13.2. The van der Waals surface area contributed by atoms with Crippen LogP contribution in [0, 0.1) is 11.3 Å². The first-order valence-corrected chi connectivity index (χ1v) is 8.14. The third kappa shape index (κ3) is 4.19. The van der Waals surface area contributed by atoms with Crippen LogP contribution in [0.2, 0.25) is 0 Å². The Labute approximate surface area is 127 Å². The van der Waals surface area contributed by atoms with E-state index in [-0.39, 0.29) is 23.8 Å². The van der Waals surface area contributed by atoms with Gasteiger partial charge in [0.25, 0.3) is 0 Å². The molecule has 0 aromatic carbocycles. The van der Waals surface area contributed by atoms with Gasteiger partial charge in [0.1, 0.15) is 0 Å². The van der Waals surface area contributed by atoms with Gasteiger partial charge in [-0.25, -0.2) is 0 Å². The van der Waals surface area contributed by atoms with Crippen LogP contribution < -0.4 is 5.32 Å². The Morgan fingerprint density at radius 3 is 2.76 bits per heavy atom. The standard InChI is InChI=1S/C16H28N2O3/c1-16(2)8-4-9-17-14(16)15(21)18-10-3-5-12(11-18)6-7-13(19)20/h12,14,17H,3-11H2,1-2H3,(H,19,20). The van der Waals surface area contributed by atoms with Gasteiger partial charge in [0.05, 0.1) is 6.04 Å². The minimum atomic E-state index is -0.742. The molecule has 120 valence electrons. The van der Waals surface area contributed by atoms with Crippen LogP contribution in [0.15, 0.2) is 0 Å². The highest BCUT2D eigenvalue weighted by Gasteiger charge is 2.40. The van der Waals surface area contributed by atoms with Crippen LogP contribution in [0.1, 0.15) is 52.4 Å². The highest BCUT2D eigenvalue weighted by Crippen LogP contribution is 2.32. The van der Waals surface area contributed by atoms with E-state index in [0.29, 0.717) is 12.3 Å². The summed E-state index contributed by atoms with van der Waals surface area (Å²) in [4.78, 5) is 25.5. The molecular weight excluding hydrogens is 268 g/mol. The van der Waals surface area contributed by atoms with Gasteiger partial charge in [-0.2, -0.15) is 0 Å². The number of carboxylic acids is 1. The molecule has 2 aliphatic heterocycles. The van der Waals surface area contributed by atoms with Crippen molar-refractivity contribution in [2.24, 2.45) is 11.3 Å². The molecule has 2 aliphatic rings. The summed E-state index contributed by atoms with van der Waals surface area (Å²) in [5.74, 6) is -0.196. The van der Waals surface area contributed by atoms with Gasteiger partial charge >= 0.3 is 5.97 Å². The van der Waals surface area contributed by atoms with Crippen molar-refractivity contribution in [1.82, 2.24) is 10.2 Å². The molecule has 5 heteroatoms. The highest BCUT2D eigenvalue weighted by atomic mass is 16.4. The fourth-order valence-corrected chi connectivity index (χ4v) is 3.64. The fraction of sp³-hybridized carbons (Fsp3) is 0.875. The predicted octanol–water partition coefficient (Wildman–Crippen LogP) is 1.87. The second-order valence-corrected chi connectivity index (χ2v) is 7.20. The molecule has 0 saturated carbocycles. The van der Waals surface area contributed by atoms with Crippen LogP contribution in [0.3, 0.4) is 0 Å². The summed E-state index contributed by atoms with van der Waals surface area (Å²) in [6, 6.07) is -0.0931. The van der Waals surface area contributed by atoms with Crippen molar-refractivity contribution < 1.29 is 14.7 Å². The van der Waals surface area contributed by atoms with Crippen LogP contribution >= 0.6 is 0 Å². The third-order valence-electron chi connectivity index (χ3n) is 4.97. The van der Waals surface area contributed by atoms with Gasteiger partial charge in [-0.15, -0.1) is 0 Å². The monoisotopic (exact) mass is 296 g/mol. The Balaban J connectivity index is 1.93. The van der Waals surface area contributed by atoms with Crippen molar-refractivity contribution in [2.75, 3.05) is 19.6 Å². The second kappa shape index (κ2) is 6.77. The summed E-state index contributed by atoms with van der Waals surface area (Å²) >= 11 is 0. The number of likely N-dealkylation sites (tertiary alicyclic amines) is 1. The Hall–Kier alpha value is -1.10. The molecule has 2 fully saturated rings. The number of amides is 1. The average Bonchev–Trinajstić information content (AvgIpc) is 2.44. The molecule has 0 spiro atoms. The van der Waals surface area contributed by atoms with E-state index in [9.17, 15) is 9.59 Å². The fourth-order valence-electron chi connectivity index (χ4n) is 3.64. The van der Waals surface area contributed by atoms with Crippen molar-refractivity contribution in [3.8, 4) is 0 Å². The molecule has 0 aromatic rings. The summed E-state index contributed by atoms with van der Waals surface area (Å²) in [6.07, 6.45) is 5.12. The molecule has 0 radical (unpaired) electrons. The van der Waals surface area contributed by atoms with Gasteiger partial charge in [0.2, 0.25) is 5.91 Å². The lowest BCUT2D eigenvalue weighted by Gasteiger charge is -2.42. The van der Waals surface area contributed by atoms with Gasteiger partial charge < -0.3 is 15.3 Å². The number of carbonyl (C=O) groups is 2. The first-order valence-electron chi connectivity index (χ1n) is 8.14. The van der Waals surface area contributed by atoms with E-state index >= 15 is 0 Å². The Kier molecular flexibility index (Phi) is 5.25. The molecule has 0 bridgehead atoms. The maximum atomic E-state index is 12.8. The number of nitrogens with zero attached hydrogens (tertiary/aromatic N) is 1. The molecule has 2 heterocycles. The lowest BCUT2D eigenvalue weighted by molar-refractivity contribution is -0.139. The van der Waals surface area contributed by atoms with Gasteiger partial charge in [-0.1, -0.05) is 13.8 Å². The Bertz CT molecular complexity index is 395. The van der Waals surface area contributed by atoms with Crippen LogP contribution in [0.25, 0.3) is 0 Å². The van der Waals surface area contributed by atoms with Crippen LogP contribution in [0.4, 0.5) is 0 Å². The Morgan fingerprint density at radius 1 is 1.33 bits per heavy atom. The minimum Gasteiger partial charge on any atom is -0.481 e. The number of piperidine rings is 2. The number of hydrogen-bond donors (Lipinski definition) is 2. The third-order valence-corrected chi connectivity index (χ3v) is 4.97. The number of aliphatic carboxylic acids is 1. The van der Waals surface area contributed by atoms with Gasteiger partial charge in [0, 0.05) is 19.5 Å². The van der Waals surface area contributed by atoms with Crippen LogP contribution in [-0.2, 0) is 9.59 Å². The van der Waals surface area contributed by atoms with Crippen LogP contribution in [-0.4, -0.2) is 47.6 Å². The van der Waals surface area contributed by atoms with E-state index in [4.69, 9.17) is 5.11 Å². The van der Waals surface area contributed by atoms with E-state index in [1.807, 2.05) is 4.90 Å². The van der Waals surface area contributed by atoms with Gasteiger partial charge in [-0.3, -0.25) is 9.59 Å². The second-order valence-electron chi connectivity index (χ2n) is 7.20. The maximum absolute atomic E-state index is 12.8. The zero-order chi connectivity index (χ0) is 15.5. The lowest BCUT2D eigenvalue weighted by atomic mass is 9.76. The van der Waals surface area contributed by atoms with Crippen molar-refractivity contribution in [1.29, 1.82) is 0 Å². The van der Waals surface area contributed by atoms with E-state index < -0.39 is 5.97 Å². The SMILES string of the molecule is CC1(C)CCCNC1C(=O)N1CCCC(CCC(=O)O)C1. The van der Waals surface area contributed by atoms with Crippen molar-refractivity contribution in [3.63, 3.8) is 0 Å². The molecule has 0 aromatic heterocycles. The van der Waals surface area contributed by atoms with Gasteiger partial charge in [0.15, 0.2) is 0 Å². The molecule has 2 atom stereocenters. The van der Waals surface area contributed by atoms with Crippen molar-refractivity contribution >= 4 is 11.9 Å². The topological polar surface area (TPSA) is 69.6 Å². The summed E-state index contributed by atoms with van der Waals surface area (Å²) in [7, 11) is 0. The van der Waals surface area contributed by atoms with E-state index in [0.717, 1.165) is 45.3 Å². The average molecular weight is 296 g/mol. The van der Waals surface area contributed by atoms with Crippen LogP contribution in [0.5, 0.6) is 0 Å². The molecular formula is C16H28N2O3.